The highest BCUT2D eigenvalue weighted by molar-refractivity contribution is 6.09. The van der Waals surface area contributed by atoms with Gasteiger partial charge in [-0.2, -0.15) is 0 Å². The number of carbonyl (C=O) groups is 2. The number of fused-ring (bicyclic) bond motifs is 2. The molecule has 3 aliphatic rings. The van der Waals surface area contributed by atoms with Crippen LogP contribution in [0.2, 0.25) is 0 Å². The number of Topliss-reactive ketones (excluding diaryl/α,β-unsaturated/α-hetero) is 1. The molecule has 1 atom stereocenters. The van der Waals surface area contributed by atoms with Gasteiger partial charge < -0.3 is 4.40 Å². The molecule has 2 heterocycles. The molecule has 1 aromatic carbocycles. The Balaban J connectivity index is 1.05. The number of hydrogen-bond acceptors (Lipinski definition) is 3. The second-order valence-corrected chi connectivity index (χ2v) is 10.2. The van der Waals surface area contributed by atoms with Crippen LogP contribution >= 0.6 is 0 Å². The predicted molar refractivity (Wildman–Crippen MR) is 142 cm³/mol. The number of benzene rings is 1. The van der Waals surface area contributed by atoms with Crippen LogP contribution in [0.4, 0.5) is 0 Å². The van der Waals surface area contributed by atoms with Gasteiger partial charge in [0.2, 0.25) is 0 Å². The fourth-order valence-corrected chi connectivity index (χ4v) is 5.24. The highest BCUT2D eigenvalue weighted by Gasteiger charge is 2.25. The van der Waals surface area contributed by atoms with Gasteiger partial charge in [-0.25, -0.2) is 4.98 Å². The first kappa shape index (κ1) is 22.7. The molecule has 3 aliphatic carbocycles. The quantitative estimate of drug-likeness (QED) is 0.378. The summed E-state index contributed by atoms with van der Waals surface area (Å²) in [5.41, 5.74) is 7.42. The van der Waals surface area contributed by atoms with E-state index in [4.69, 9.17) is 4.98 Å². The summed E-state index contributed by atoms with van der Waals surface area (Å²) < 4.78 is 2.07. The number of aryl methyl sites for hydroxylation is 3. The third kappa shape index (κ3) is 4.94. The maximum absolute atomic E-state index is 12.8. The van der Waals surface area contributed by atoms with E-state index in [1.54, 1.807) is 0 Å². The molecule has 36 heavy (non-hydrogen) atoms. The summed E-state index contributed by atoms with van der Waals surface area (Å²) in [4.78, 5) is 29.9. The van der Waals surface area contributed by atoms with Crippen LogP contribution in [-0.4, -0.2) is 21.0 Å². The Morgan fingerprint density at radius 1 is 0.972 bits per heavy atom. The molecule has 0 amide bonds. The van der Waals surface area contributed by atoms with Crippen LogP contribution in [-0.2, 0) is 28.9 Å². The number of ketones is 2. The van der Waals surface area contributed by atoms with Crippen molar-refractivity contribution in [3.63, 3.8) is 0 Å². The number of allylic oxidation sites excluding steroid dienone is 8. The SMILES string of the molecule is O=C(CCc1cn2cc(CCCc3cccc(C4CC4)c3)ccc2n1)C1=CC(=O)C2C=CC=CC2=C1. The van der Waals surface area contributed by atoms with Crippen LogP contribution in [0.3, 0.4) is 0 Å². The Bertz CT molecular complexity index is 1460. The molecule has 0 bridgehead atoms. The number of hydrogen-bond donors (Lipinski definition) is 0. The predicted octanol–water partition coefficient (Wildman–Crippen LogP) is 6.07. The van der Waals surface area contributed by atoms with Crippen LogP contribution in [0, 0.1) is 5.92 Å². The zero-order valence-electron chi connectivity index (χ0n) is 20.4. The summed E-state index contributed by atoms with van der Waals surface area (Å²) >= 11 is 0. The molecule has 3 aromatic rings. The highest BCUT2D eigenvalue weighted by Crippen LogP contribution is 2.40. The maximum atomic E-state index is 12.8. The van der Waals surface area contributed by atoms with Crippen LogP contribution in [0.5, 0.6) is 0 Å². The lowest BCUT2D eigenvalue weighted by Gasteiger charge is -2.19. The summed E-state index contributed by atoms with van der Waals surface area (Å²) in [7, 11) is 0. The van der Waals surface area contributed by atoms with Gasteiger partial charge in [0.05, 0.1) is 11.6 Å². The first-order chi connectivity index (χ1) is 17.6. The Morgan fingerprint density at radius 3 is 2.75 bits per heavy atom. The van der Waals surface area contributed by atoms with Gasteiger partial charge in [0.25, 0.3) is 0 Å². The molecule has 0 aliphatic heterocycles. The molecule has 1 unspecified atom stereocenters. The van der Waals surface area contributed by atoms with Crippen molar-refractivity contribution in [1.82, 2.24) is 9.38 Å². The second kappa shape index (κ2) is 9.69. The van der Waals surface area contributed by atoms with Gasteiger partial charge >= 0.3 is 0 Å². The first-order valence-electron chi connectivity index (χ1n) is 13.0. The van der Waals surface area contributed by atoms with Gasteiger partial charge in [0, 0.05) is 24.4 Å². The Kier molecular flexibility index (Phi) is 6.10. The lowest BCUT2D eigenvalue weighted by molar-refractivity contribution is -0.118. The van der Waals surface area contributed by atoms with Crippen LogP contribution in [0.15, 0.2) is 96.4 Å². The number of carbonyl (C=O) groups excluding carboxylic acids is 2. The Labute approximate surface area is 211 Å². The minimum Gasteiger partial charge on any atom is -0.307 e. The molecule has 4 nitrogen and oxygen atoms in total. The number of aromatic nitrogens is 2. The van der Waals surface area contributed by atoms with E-state index in [2.05, 4.69) is 47.0 Å². The fraction of sp³-hybridized carbons (Fsp3) is 0.281. The molecule has 0 N–H and O–H groups in total. The van der Waals surface area contributed by atoms with Crippen molar-refractivity contribution in [3.8, 4) is 0 Å². The van der Waals surface area contributed by atoms with Crippen molar-refractivity contribution in [1.29, 1.82) is 0 Å². The number of imidazole rings is 1. The van der Waals surface area contributed by atoms with E-state index in [0.717, 1.165) is 42.1 Å². The van der Waals surface area contributed by atoms with E-state index in [0.29, 0.717) is 18.4 Å². The lowest BCUT2D eigenvalue weighted by Crippen LogP contribution is -2.19. The van der Waals surface area contributed by atoms with Crippen molar-refractivity contribution in [3.05, 3.63) is 119 Å². The summed E-state index contributed by atoms with van der Waals surface area (Å²) in [6.45, 7) is 0. The molecule has 2 aromatic heterocycles. The van der Waals surface area contributed by atoms with Crippen molar-refractivity contribution in [2.24, 2.45) is 5.92 Å². The van der Waals surface area contributed by atoms with Gasteiger partial charge in [0.15, 0.2) is 11.6 Å². The van der Waals surface area contributed by atoms with Gasteiger partial charge in [-0.05, 0) is 84.9 Å². The Morgan fingerprint density at radius 2 is 1.86 bits per heavy atom. The smallest absolute Gasteiger partial charge is 0.167 e. The Hall–Kier alpha value is -3.79. The molecule has 1 saturated carbocycles. The standard InChI is InChI=1S/C32H30N2O2/c35-30(27-18-26-8-1-2-10-29(26)31(36)19-27)15-14-28-21-34-20-23(11-16-32(34)33-28)7-3-5-22-6-4-9-25(17-22)24-12-13-24/h1-2,4,6,8-11,16-21,24,29H,3,5,7,12-15H2. The van der Waals surface area contributed by atoms with Crippen molar-refractivity contribution < 1.29 is 9.59 Å². The van der Waals surface area contributed by atoms with Gasteiger partial charge in [-0.15, -0.1) is 0 Å². The minimum absolute atomic E-state index is 0.0132. The van der Waals surface area contributed by atoms with Crippen LogP contribution < -0.4 is 0 Å². The highest BCUT2D eigenvalue weighted by atomic mass is 16.1. The van der Waals surface area contributed by atoms with E-state index >= 15 is 0 Å². The van der Waals surface area contributed by atoms with E-state index in [1.807, 2.05) is 36.6 Å². The zero-order chi connectivity index (χ0) is 24.5. The molecule has 0 spiro atoms. The summed E-state index contributed by atoms with van der Waals surface area (Å²) in [6.07, 6.45) is 21.9. The van der Waals surface area contributed by atoms with E-state index in [1.165, 1.54) is 35.6 Å². The second-order valence-electron chi connectivity index (χ2n) is 10.2. The van der Waals surface area contributed by atoms with Crippen LogP contribution in [0.25, 0.3) is 5.65 Å². The topological polar surface area (TPSA) is 51.4 Å². The fourth-order valence-electron chi connectivity index (χ4n) is 5.24. The number of pyridine rings is 1. The van der Waals surface area contributed by atoms with E-state index in [-0.39, 0.29) is 17.5 Å². The molecule has 1 fully saturated rings. The average Bonchev–Trinajstić information content (AvgIpc) is 3.67. The van der Waals surface area contributed by atoms with Gasteiger partial charge in [0.1, 0.15) is 5.65 Å². The number of nitrogens with zero attached hydrogens (tertiary/aromatic N) is 2. The van der Waals surface area contributed by atoms with Gasteiger partial charge in [-0.3, -0.25) is 9.59 Å². The monoisotopic (exact) mass is 474 g/mol. The molecular weight excluding hydrogens is 444 g/mol. The van der Waals surface area contributed by atoms with Crippen molar-refractivity contribution in [2.75, 3.05) is 0 Å². The molecule has 180 valence electrons. The first-order valence-corrected chi connectivity index (χ1v) is 13.0. The normalized spacial score (nSPS) is 18.8. The van der Waals surface area contributed by atoms with Crippen molar-refractivity contribution >= 4 is 17.2 Å². The van der Waals surface area contributed by atoms with Crippen molar-refractivity contribution in [2.45, 2.75) is 50.9 Å². The van der Waals surface area contributed by atoms with E-state index < -0.39 is 0 Å². The molecule has 0 radical (unpaired) electrons. The summed E-state index contributed by atoms with van der Waals surface area (Å²) in [6, 6.07) is 13.3. The largest absolute Gasteiger partial charge is 0.307 e. The average molecular weight is 475 g/mol. The van der Waals surface area contributed by atoms with E-state index in [9.17, 15) is 9.59 Å². The zero-order valence-corrected chi connectivity index (χ0v) is 20.4. The third-order valence-corrected chi connectivity index (χ3v) is 7.41. The molecule has 0 saturated heterocycles. The maximum Gasteiger partial charge on any atom is 0.167 e. The summed E-state index contributed by atoms with van der Waals surface area (Å²) in [5.74, 6) is 0.524. The minimum atomic E-state index is -0.243. The lowest BCUT2D eigenvalue weighted by atomic mass is 9.83. The third-order valence-electron chi connectivity index (χ3n) is 7.41. The molecule has 6 rings (SSSR count). The van der Waals surface area contributed by atoms with Crippen LogP contribution in [0.1, 0.15) is 54.0 Å². The summed E-state index contributed by atoms with van der Waals surface area (Å²) in [5, 5.41) is 0. The molecular formula is C32H30N2O2. The number of rotatable bonds is 9. The van der Waals surface area contributed by atoms with Gasteiger partial charge in [-0.1, -0.05) is 54.6 Å². The molecule has 4 heteroatoms.